The van der Waals surface area contributed by atoms with Crippen LogP contribution in [0.1, 0.15) is 36.5 Å². The third-order valence-corrected chi connectivity index (χ3v) is 4.06. The second-order valence-corrected chi connectivity index (χ2v) is 6.31. The van der Waals surface area contributed by atoms with Crippen LogP contribution in [-0.2, 0) is 11.2 Å². The second-order valence-electron chi connectivity index (χ2n) is 6.31. The number of hydrogen-bond donors (Lipinski definition) is 1. The lowest BCUT2D eigenvalue weighted by Gasteiger charge is -2.14. The number of fused-ring (bicyclic) bond motifs is 1. The molecule has 116 valence electrons. The van der Waals surface area contributed by atoms with Gasteiger partial charge >= 0.3 is 0 Å². The van der Waals surface area contributed by atoms with Gasteiger partial charge in [-0.15, -0.1) is 0 Å². The molecule has 1 aliphatic rings. The fraction of sp³-hybridized carbons (Fsp3) is 0.421. The lowest BCUT2D eigenvalue weighted by atomic mass is 9.97. The Kier molecular flexibility index (Phi) is 4.06. The molecule has 1 amide bonds. The Morgan fingerprint density at radius 2 is 2.00 bits per heavy atom. The maximum atomic E-state index is 11.1. The van der Waals surface area contributed by atoms with E-state index in [1.807, 2.05) is 0 Å². The first-order chi connectivity index (χ1) is 10.5. The van der Waals surface area contributed by atoms with Gasteiger partial charge in [0.15, 0.2) is 0 Å². The number of hydrogen-bond acceptors (Lipinski definition) is 2. The molecule has 1 aliphatic carbocycles. The predicted octanol–water partition coefficient (Wildman–Crippen LogP) is 3.68. The summed E-state index contributed by atoms with van der Waals surface area (Å²) in [6, 6.07) is 8.80. The van der Waals surface area contributed by atoms with Crippen molar-refractivity contribution in [3.05, 3.63) is 41.0 Å². The zero-order chi connectivity index (χ0) is 15.7. The smallest absolute Gasteiger partial charge is 0.216 e. The van der Waals surface area contributed by atoms with Crippen molar-refractivity contribution in [2.45, 2.75) is 46.1 Å². The molecule has 0 bridgehead atoms. The van der Waals surface area contributed by atoms with Crippen molar-refractivity contribution in [1.82, 2.24) is 5.32 Å². The Balaban J connectivity index is 1.95. The minimum absolute atomic E-state index is 0.0190. The molecule has 0 unspecified atom stereocenters. The Morgan fingerprint density at radius 1 is 1.23 bits per heavy atom. The summed E-state index contributed by atoms with van der Waals surface area (Å²) < 4.78 is 6.02. The number of ether oxygens (including phenoxy) is 1. The molecule has 22 heavy (non-hydrogen) atoms. The van der Waals surface area contributed by atoms with Gasteiger partial charge in [0.1, 0.15) is 5.75 Å². The first-order valence-corrected chi connectivity index (χ1v) is 7.98. The maximum Gasteiger partial charge on any atom is 0.216 e. The number of carbonyl (C=O) groups excluding carboxylic acids is 1. The van der Waals surface area contributed by atoms with Gasteiger partial charge in [-0.25, -0.2) is 0 Å². The lowest BCUT2D eigenvalue weighted by Crippen LogP contribution is -2.22. The predicted molar refractivity (Wildman–Crippen MR) is 89.5 cm³/mol. The minimum Gasteiger partial charge on any atom is -0.490 e. The van der Waals surface area contributed by atoms with Gasteiger partial charge in [-0.05, 0) is 67.1 Å². The Morgan fingerprint density at radius 3 is 2.68 bits per heavy atom. The summed E-state index contributed by atoms with van der Waals surface area (Å²) in [4.78, 5) is 11.1. The van der Waals surface area contributed by atoms with Crippen LogP contribution in [0.4, 0.5) is 0 Å². The van der Waals surface area contributed by atoms with Crippen LogP contribution in [0, 0.1) is 13.8 Å². The largest absolute Gasteiger partial charge is 0.490 e. The molecule has 0 radical (unpaired) electrons. The van der Waals surface area contributed by atoms with E-state index < -0.39 is 0 Å². The highest BCUT2D eigenvalue weighted by Crippen LogP contribution is 2.33. The SMILES string of the molecule is CC(=O)NCCc1cc(C)cc2cc(C)c(OC3CC3)cc12. The van der Waals surface area contributed by atoms with Gasteiger partial charge in [-0.1, -0.05) is 17.7 Å². The highest BCUT2D eigenvalue weighted by Gasteiger charge is 2.24. The van der Waals surface area contributed by atoms with E-state index in [-0.39, 0.29) is 5.91 Å². The molecule has 1 N–H and O–H groups in total. The van der Waals surface area contributed by atoms with Gasteiger partial charge in [0.05, 0.1) is 6.10 Å². The van der Waals surface area contributed by atoms with Crippen LogP contribution >= 0.6 is 0 Å². The summed E-state index contributed by atoms with van der Waals surface area (Å²) in [6.07, 6.45) is 3.58. The van der Waals surface area contributed by atoms with Crippen LogP contribution in [0.2, 0.25) is 0 Å². The molecule has 0 saturated heterocycles. The summed E-state index contributed by atoms with van der Waals surface area (Å²) in [5.41, 5.74) is 3.71. The van der Waals surface area contributed by atoms with Gasteiger partial charge < -0.3 is 10.1 Å². The number of rotatable bonds is 5. The summed E-state index contributed by atoms with van der Waals surface area (Å²) in [5.74, 6) is 1.02. The molecule has 0 spiro atoms. The third-order valence-electron chi connectivity index (χ3n) is 4.06. The maximum absolute atomic E-state index is 11.1. The number of aryl methyl sites for hydroxylation is 2. The topological polar surface area (TPSA) is 38.3 Å². The molecule has 3 heteroatoms. The van der Waals surface area contributed by atoms with E-state index in [4.69, 9.17) is 4.74 Å². The Bertz CT molecular complexity index is 717. The van der Waals surface area contributed by atoms with E-state index in [1.54, 1.807) is 6.92 Å². The average Bonchev–Trinajstić information content (AvgIpc) is 3.23. The zero-order valence-corrected chi connectivity index (χ0v) is 13.5. The first-order valence-electron chi connectivity index (χ1n) is 7.98. The van der Waals surface area contributed by atoms with Crippen molar-refractivity contribution in [2.24, 2.45) is 0 Å². The molecule has 3 nitrogen and oxygen atoms in total. The van der Waals surface area contributed by atoms with Crippen molar-refractivity contribution in [1.29, 1.82) is 0 Å². The summed E-state index contributed by atoms with van der Waals surface area (Å²) >= 11 is 0. The third kappa shape index (κ3) is 3.41. The normalized spacial score (nSPS) is 14.1. The lowest BCUT2D eigenvalue weighted by molar-refractivity contribution is -0.118. The van der Waals surface area contributed by atoms with Gasteiger partial charge in [0, 0.05) is 13.5 Å². The fourth-order valence-electron chi connectivity index (χ4n) is 2.82. The molecule has 3 rings (SSSR count). The van der Waals surface area contributed by atoms with Gasteiger partial charge in [-0.2, -0.15) is 0 Å². The number of carbonyl (C=O) groups is 1. The van der Waals surface area contributed by atoms with E-state index in [9.17, 15) is 4.79 Å². The van der Waals surface area contributed by atoms with Crippen LogP contribution in [0.15, 0.2) is 24.3 Å². The number of nitrogens with one attached hydrogen (secondary N) is 1. The van der Waals surface area contributed by atoms with Crippen LogP contribution in [-0.4, -0.2) is 18.6 Å². The molecule has 0 aliphatic heterocycles. The van der Waals surface area contributed by atoms with Gasteiger partial charge in [-0.3, -0.25) is 4.79 Å². The monoisotopic (exact) mass is 297 g/mol. The average molecular weight is 297 g/mol. The van der Waals surface area contributed by atoms with Gasteiger partial charge in [0.25, 0.3) is 0 Å². The van der Waals surface area contributed by atoms with Crippen LogP contribution in [0.3, 0.4) is 0 Å². The standard InChI is InChI=1S/C19H23NO2/c1-12-8-15(6-7-20-14(3)21)18-11-19(22-17-4-5-17)13(2)10-16(18)9-12/h8-11,17H,4-7H2,1-3H3,(H,20,21). The van der Waals surface area contributed by atoms with Crippen molar-refractivity contribution < 1.29 is 9.53 Å². The second kappa shape index (κ2) is 5.99. The van der Waals surface area contributed by atoms with E-state index in [2.05, 4.69) is 43.4 Å². The van der Waals surface area contributed by atoms with E-state index in [0.717, 1.165) is 12.2 Å². The van der Waals surface area contributed by atoms with E-state index in [1.165, 1.54) is 40.3 Å². The highest BCUT2D eigenvalue weighted by atomic mass is 16.5. The van der Waals surface area contributed by atoms with Gasteiger partial charge in [0.2, 0.25) is 5.91 Å². The molecule has 2 aromatic rings. The summed E-state index contributed by atoms with van der Waals surface area (Å²) in [5, 5.41) is 5.36. The molecular formula is C19H23NO2. The van der Waals surface area contributed by atoms with Crippen molar-refractivity contribution in [3.63, 3.8) is 0 Å². The van der Waals surface area contributed by atoms with Crippen molar-refractivity contribution in [2.75, 3.05) is 6.54 Å². The van der Waals surface area contributed by atoms with E-state index in [0.29, 0.717) is 12.6 Å². The molecule has 0 atom stereocenters. The fourth-order valence-corrected chi connectivity index (χ4v) is 2.82. The van der Waals surface area contributed by atoms with E-state index >= 15 is 0 Å². The Labute approximate surface area is 131 Å². The molecule has 1 fully saturated rings. The molecule has 0 aromatic heterocycles. The van der Waals surface area contributed by atoms with Crippen LogP contribution < -0.4 is 10.1 Å². The van der Waals surface area contributed by atoms with Crippen molar-refractivity contribution in [3.8, 4) is 5.75 Å². The molecular weight excluding hydrogens is 274 g/mol. The van der Waals surface area contributed by atoms with Crippen LogP contribution in [0.5, 0.6) is 5.75 Å². The van der Waals surface area contributed by atoms with Crippen LogP contribution in [0.25, 0.3) is 10.8 Å². The quantitative estimate of drug-likeness (QED) is 0.914. The molecule has 0 heterocycles. The molecule has 2 aromatic carbocycles. The number of benzene rings is 2. The highest BCUT2D eigenvalue weighted by molar-refractivity contribution is 5.89. The first kappa shape index (κ1) is 14.9. The zero-order valence-electron chi connectivity index (χ0n) is 13.5. The number of amides is 1. The molecule has 1 saturated carbocycles. The summed E-state index contributed by atoms with van der Waals surface area (Å²) in [7, 11) is 0. The minimum atomic E-state index is 0.0190. The Hall–Kier alpha value is -2.03. The van der Waals surface area contributed by atoms with Crippen molar-refractivity contribution >= 4 is 16.7 Å². The summed E-state index contributed by atoms with van der Waals surface area (Å²) in [6.45, 7) is 6.45.